The first kappa shape index (κ1) is 24.0. The predicted octanol–water partition coefficient (Wildman–Crippen LogP) is 4.49. The van der Waals surface area contributed by atoms with Crippen LogP contribution in [0, 0.1) is 20.8 Å². The quantitative estimate of drug-likeness (QED) is 0.346. The summed E-state index contributed by atoms with van der Waals surface area (Å²) < 4.78 is 31.1. The van der Waals surface area contributed by atoms with Crippen molar-refractivity contribution in [2.75, 3.05) is 0 Å². The minimum absolute atomic E-state index is 0.0419. The van der Waals surface area contributed by atoms with Gasteiger partial charge in [0.05, 0.1) is 11.5 Å². The Labute approximate surface area is 193 Å². The molecule has 1 atom stereocenters. The summed E-state index contributed by atoms with van der Waals surface area (Å²) in [6, 6.07) is 10.2. The van der Waals surface area contributed by atoms with Crippen LogP contribution in [0.4, 0.5) is 0 Å². The second kappa shape index (κ2) is 10.3. The number of amidine groups is 1. The molecule has 1 aliphatic heterocycles. The summed E-state index contributed by atoms with van der Waals surface area (Å²) in [5, 5.41) is 11.2. The molecule has 0 spiro atoms. The number of nitrogens with one attached hydrogen (secondary N) is 1. The van der Waals surface area contributed by atoms with Crippen LogP contribution in [0.15, 0.2) is 51.5 Å². The number of benzene rings is 2. The van der Waals surface area contributed by atoms with Crippen LogP contribution in [0.3, 0.4) is 0 Å². The molecule has 2 aromatic rings. The Morgan fingerprint density at radius 2 is 1.88 bits per heavy atom. The van der Waals surface area contributed by atoms with E-state index >= 15 is 0 Å². The predicted molar refractivity (Wildman–Crippen MR) is 129 cm³/mol. The average molecular weight is 474 g/mol. The number of hydrogen-bond acceptors (Lipinski definition) is 7. The number of unbranched alkanes of at least 4 members (excludes halogenated alkanes) is 1. The highest BCUT2D eigenvalue weighted by Gasteiger charge is 2.29. The molecule has 1 N–H and O–H groups in total. The van der Waals surface area contributed by atoms with Crippen LogP contribution in [0.5, 0.6) is 5.75 Å². The van der Waals surface area contributed by atoms with Gasteiger partial charge in [0.15, 0.2) is 5.17 Å². The fraction of sp³-hybridized carbons (Fsp3) is 0.348. The van der Waals surface area contributed by atoms with Gasteiger partial charge in [0.2, 0.25) is 5.91 Å². The van der Waals surface area contributed by atoms with Crippen LogP contribution < -0.4 is 9.50 Å². The molecule has 1 fully saturated rings. The molecule has 3 rings (SSSR count). The Hall–Kier alpha value is -2.65. The largest absolute Gasteiger partial charge is 0.379 e. The second-order valence-corrected chi connectivity index (χ2v) is 10.4. The number of carbonyl (C=O) groups excluding carboxylic acids is 1. The normalized spacial score (nSPS) is 17.8. The van der Waals surface area contributed by atoms with Gasteiger partial charge in [0.25, 0.3) is 0 Å². The van der Waals surface area contributed by atoms with Gasteiger partial charge in [-0.15, -0.1) is 5.10 Å². The molecule has 0 aromatic heterocycles. The lowest BCUT2D eigenvalue weighted by Gasteiger charge is -2.13. The van der Waals surface area contributed by atoms with Gasteiger partial charge in [-0.3, -0.25) is 4.79 Å². The molecule has 1 heterocycles. The van der Waals surface area contributed by atoms with Crippen LogP contribution in [0.25, 0.3) is 0 Å². The SMILES string of the molecule is CCCC[C@@H]1S/C(=N\N=C/c2cccc(OS(=O)(=O)c3c(C)cc(C)cc3C)c2)NC1=O. The summed E-state index contributed by atoms with van der Waals surface area (Å²) >= 11 is 1.38. The highest BCUT2D eigenvalue weighted by Crippen LogP contribution is 2.26. The Bertz CT molecular complexity index is 1150. The molecule has 1 amide bonds. The number of hydrogen-bond donors (Lipinski definition) is 1. The van der Waals surface area contributed by atoms with Gasteiger partial charge in [-0.2, -0.15) is 13.5 Å². The van der Waals surface area contributed by atoms with E-state index in [4.69, 9.17) is 4.18 Å². The molecule has 0 bridgehead atoms. The first-order valence-corrected chi connectivity index (χ1v) is 12.7. The number of carbonyl (C=O) groups is 1. The number of rotatable bonds is 8. The standard InChI is InChI=1S/C23H27N3O4S2/c1-5-6-10-20-22(27)25-23(31-20)26-24-14-18-8-7-9-19(13-18)30-32(28,29)21-16(3)11-15(2)12-17(21)4/h7-9,11-14,20H,5-6,10H2,1-4H3,(H,25,26,27)/b24-14-/t20-/m0/s1. The van der Waals surface area contributed by atoms with Crippen LogP contribution >= 0.6 is 11.8 Å². The summed E-state index contributed by atoms with van der Waals surface area (Å²) in [5.41, 5.74) is 2.90. The van der Waals surface area contributed by atoms with Gasteiger partial charge >= 0.3 is 10.1 Å². The highest BCUT2D eigenvalue weighted by molar-refractivity contribution is 8.15. The third-order valence-electron chi connectivity index (χ3n) is 4.87. The van der Waals surface area contributed by atoms with E-state index in [-0.39, 0.29) is 21.8 Å². The van der Waals surface area contributed by atoms with Crippen molar-refractivity contribution >= 4 is 39.2 Å². The van der Waals surface area contributed by atoms with Crippen LogP contribution in [-0.4, -0.2) is 31.0 Å². The van der Waals surface area contributed by atoms with Gasteiger partial charge in [-0.05, 0) is 56.0 Å². The Morgan fingerprint density at radius 1 is 1.16 bits per heavy atom. The molecule has 7 nitrogen and oxygen atoms in total. The molecule has 170 valence electrons. The highest BCUT2D eigenvalue weighted by atomic mass is 32.2. The zero-order valence-corrected chi connectivity index (χ0v) is 20.2. The minimum atomic E-state index is -3.98. The van der Waals surface area contributed by atoms with Crippen LogP contribution in [0.2, 0.25) is 0 Å². The number of aryl methyl sites for hydroxylation is 3. The molecule has 0 radical (unpaired) electrons. The summed E-state index contributed by atoms with van der Waals surface area (Å²) in [7, 11) is -3.98. The van der Waals surface area contributed by atoms with E-state index in [1.54, 1.807) is 38.1 Å². The first-order valence-electron chi connectivity index (χ1n) is 10.4. The number of nitrogens with zero attached hydrogens (tertiary/aromatic N) is 2. The van der Waals surface area contributed by atoms with Crippen molar-refractivity contribution in [2.45, 2.75) is 57.1 Å². The van der Waals surface area contributed by atoms with E-state index in [1.165, 1.54) is 18.0 Å². The van der Waals surface area contributed by atoms with Gasteiger partial charge in [0, 0.05) is 0 Å². The van der Waals surface area contributed by atoms with E-state index in [9.17, 15) is 13.2 Å². The van der Waals surface area contributed by atoms with E-state index in [1.807, 2.05) is 19.1 Å². The molecule has 2 aromatic carbocycles. The Morgan fingerprint density at radius 3 is 2.56 bits per heavy atom. The van der Waals surface area contributed by atoms with Crippen molar-refractivity contribution in [3.05, 3.63) is 58.7 Å². The van der Waals surface area contributed by atoms with E-state index in [0.29, 0.717) is 21.9 Å². The topological polar surface area (TPSA) is 97.2 Å². The van der Waals surface area contributed by atoms with Crippen molar-refractivity contribution in [1.29, 1.82) is 0 Å². The van der Waals surface area contributed by atoms with Gasteiger partial charge in [-0.25, -0.2) is 0 Å². The number of amides is 1. The summed E-state index contributed by atoms with van der Waals surface area (Å²) in [6.45, 7) is 7.52. The monoisotopic (exact) mass is 473 g/mol. The fourth-order valence-electron chi connectivity index (χ4n) is 3.56. The van der Waals surface area contributed by atoms with Crippen molar-refractivity contribution < 1.29 is 17.4 Å². The van der Waals surface area contributed by atoms with Gasteiger partial charge < -0.3 is 9.50 Å². The lowest BCUT2D eigenvalue weighted by atomic mass is 10.1. The van der Waals surface area contributed by atoms with Crippen LogP contribution in [0.1, 0.15) is 48.4 Å². The Balaban J connectivity index is 1.72. The average Bonchev–Trinajstić information content (AvgIpc) is 3.04. The molecule has 0 saturated carbocycles. The van der Waals surface area contributed by atoms with Gasteiger partial charge in [0.1, 0.15) is 10.6 Å². The Kier molecular flexibility index (Phi) is 7.73. The first-order chi connectivity index (χ1) is 15.2. The molecular formula is C23H27N3O4S2. The molecule has 1 saturated heterocycles. The van der Waals surface area contributed by atoms with Crippen LogP contribution in [-0.2, 0) is 14.9 Å². The molecular weight excluding hydrogens is 446 g/mol. The van der Waals surface area contributed by atoms with Crippen molar-refractivity contribution in [3.8, 4) is 5.75 Å². The molecule has 0 unspecified atom stereocenters. The lowest BCUT2D eigenvalue weighted by molar-refractivity contribution is -0.118. The zero-order valence-electron chi connectivity index (χ0n) is 18.6. The fourth-order valence-corrected chi connectivity index (χ4v) is 5.88. The summed E-state index contributed by atoms with van der Waals surface area (Å²) in [6.07, 6.45) is 4.32. The minimum Gasteiger partial charge on any atom is -0.379 e. The molecule has 32 heavy (non-hydrogen) atoms. The summed E-state index contributed by atoms with van der Waals surface area (Å²) in [4.78, 5) is 12.1. The molecule has 1 aliphatic rings. The van der Waals surface area contributed by atoms with E-state index < -0.39 is 10.1 Å². The van der Waals surface area contributed by atoms with Gasteiger partial charge in [-0.1, -0.05) is 61.4 Å². The smallest absolute Gasteiger partial charge is 0.339 e. The van der Waals surface area contributed by atoms with E-state index in [2.05, 4.69) is 22.4 Å². The van der Waals surface area contributed by atoms with Crippen molar-refractivity contribution in [3.63, 3.8) is 0 Å². The summed E-state index contributed by atoms with van der Waals surface area (Å²) in [5.74, 6) is 0.142. The maximum absolute atomic E-state index is 12.9. The lowest BCUT2D eigenvalue weighted by Crippen LogP contribution is -2.24. The molecule has 0 aliphatic carbocycles. The van der Waals surface area contributed by atoms with Crippen molar-refractivity contribution in [1.82, 2.24) is 5.32 Å². The van der Waals surface area contributed by atoms with Crippen molar-refractivity contribution in [2.24, 2.45) is 10.2 Å². The molecule has 9 heteroatoms. The third kappa shape index (κ3) is 5.98. The maximum Gasteiger partial charge on any atom is 0.339 e. The third-order valence-corrected chi connectivity index (χ3v) is 7.57. The second-order valence-electron chi connectivity index (χ2n) is 7.73. The zero-order chi connectivity index (χ0) is 23.3. The van der Waals surface area contributed by atoms with E-state index in [0.717, 1.165) is 24.8 Å². The maximum atomic E-state index is 12.9. The number of thioether (sulfide) groups is 1.